The maximum absolute atomic E-state index is 13.0. The first-order valence-corrected chi connectivity index (χ1v) is 8.06. The van der Waals surface area contributed by atoms with Crippen molar-refractivity contribution in [1.29, 1.82) is 5.26 Å². The van der Waals surface area contributed by atoms with Crippen molar-refractivity contribution in [2.75, 3.05) is 7.11 Å². The van der Waals surface area contributed by atoms with Gasteiger partial charge in [0.05, 0.1) is 13.2 Å². The Hall–Kier alpha value is -2.95. The van der Waals surface area contributed by atoms with Crippen molar-refractivity contribution in [3.63, 3.8) is 0 Å². The summed E-state index contributed by atoms with van der Waals surface area (Å²) in [4.78, 5) is 35.8. The molecule has 0 saturated carbocycles. The van der Waals surface area contributed by atoms with Gasteiger partial charge in [0.15, 0.2) is 0 Å². The van der Waals surface area contributed by atoms with Crippen molar-refractivity contribution < 1.29 is 23.5 Å². The van der Waals surface area contributed by atoms with Crippen molar-refractivity contribution >= 4 is 17.8 Å². The highest BCUT2D eigenvalue weighted by molar-refractivity contribution is 5.90. The first-order valence-electron chi connectivity index (χ1n) is 8.06. The molecule has 1 aromatic rings. The van der Waals surface area contributed by atoms with Gasteiger partial charge in [-0.1, -0.05) is 12.1 Å². The van der Waals surface area contributed by atoms with Gasteiger partial charge in [-0.3, -0.25) is 9.59 Å². The summed E-state index contributed by atoms with van der Waals surface area (Å²) in [5.41, 5.74) is 0.639. The van der Waals surface area contributed by atoms with Gasteiger partial charge >= 0.3 is 5.97 Å². The molecule has 0 aliphatic heterocycles. The van der Waals surface area contributed by atoms with Gasteiger partial charge in [0.25, 0.3) is 0 Å². The van der Waals surface area contributed by atoms with Crippen molar-refractivity contribution in [2.24, 2.45) is 5.92 Å². The van der Waals surface area contributed by atoms with E-state index < -0.39 is 41.6 Å². The maximum atomic E-state index is 13.0. The van der Waals surface area contributed by atoms with Gasteiger partial charge in [0.2, 0.25) is 11.8 Å². The second-order valence-electron chi connectivity index (χ2n) is 5.93. The number of amides is 2. The fourth-order valence-corrected chi connectivity index (χ4v) is 2.35. The van der Waals surface area contributed by atoms with Crippen molar-refractivity contribution in [3.8, 4) is 6.07 Å². The number of benzene rings is 1. The second kappa shape index (κ2) is 10.1. The van der Waals surface area contributed by atoms with Crippen LogP contribution in [-0.4, -0.2) is 37.0 Å². The van der Waals surface area contributed by atoms with Crippen LogP contribution < -0.4 is 10.6 Å². The zero-order valence-corrected chi connectivity index (χ0v) is 14.9. The first-order chi connectivity index (χ1) is 12.3. The van der Waals surface area contributed by atoms with Crippen molar-refractivity contribution in [3.05, 3.63) is 35.6 Å². The van der Waals surface area contributed by atoms with E-state index in [-0.39, 0.29) is 12.8 Å². The Morgan fingerprint density at radius 2 is 1.81 bits per heavy atom. The number of rotatable bonds is 8. The van der Waals surface area contributed by atoms with Gasteiger partial charge < -0.3 is 15.4 Å². The number of ether oxygens (including phenoxy) is 1. The Labute approximate surface area is 151 Å². The van der Waals surface area contributed by atoms with Crippen LogP contribution in [-0.2, 0) is 25.5 Å². The molecule has 0 bridgehead atoms. The summed E-state index contributed by atoms with van der Waals surface area (Å²) in [7, 11) is 1.18. The topological polar surface area (TPSA) is 108 Å². The molecule has 2 N–H and O–H groups in total. The van der Waals surface area contributed by atoms with E-state index in [1.54, 1.807) is 6.92 Å². The monoisotopic (exact) mass is 363 g/mol. The molecule has 0 aliphatic carbocycles. The summed E-state index contributed by atoms with van der Waals surface area (Å²) in [5, 5.41) is 13.9. The van der Waals surface area contributed by atoms with E-state index in [0.717, 1.165) is 0 Å². The van der Waals surface area contributed by atoms with Crippen LogP contribution in [0.25, 0.3) is 0 Å². The number of nitrogens with zero attached hydrogens (tertiary/aromatic N) is 1. The van der Waals surface area contributed by atoms with Gasteiger partial charge in [-0.25, -0.2) is 9.18 Å². The lowest BCUT2D eigenvalue weighted by Crippen LogP contribution is -2.52. The van der Waals surface area contributed by atoms with E-state index in [1.165, 1.54) is 38.3 Å². The predicted octanol–water partition coefficient (Wildman–Crippen LogP) is 1.08. The molecular formula is C18H22FN3O4. The summed E-state index contributed by atoms with van der Waals surface area (Å²) in [6.45, 7) is 2.88. The summed E-state index contributed by atoms with van der Waals surface area (Å²) in [5.74, 6) is -2.58. The van der Waals surface area contributed by atoms with Gasteiger partial charge in [0.1, 0.15) is 17.9 Å². The molecule has 0 heterocycles. The zero-order valence-electron chi connectivity index (χ0n) is 14.9. The molecular weight excluding hydrogens is 341 g/mol. The third-order valence-corrected chi connectivity index (χ3v) is 3.66. The smallest absolute Gasteiger partial charge is 0.328 e. The van der Waals surface area contributed by atoms with Gasteiger partial charge in [-0.2, -0.15) is 5.26 Å². The highest BCUT2D eigenvalue weighted by atomic mass is 19.1. The van der Waals surface area contributed by atoms with Crippen LogP contribution in [0.3, 0.4) is 0 Å². The Kier molecular flexibility index (Phi) is 8.22. The van der Waals surface area contributed by atoms with Gasteiger partial charge in [-0.05, 0) is 31.0 Å². The summed E-state index contributed by atoms with van der Waals surface area (Å²) in [6.07, 6.45) is 0.200. The average molecular weight is 363 g/mol. The van der Waals surface area contributed by atoms with E-state index in [1.807, 2.05) is 6.07 Å². The summed E-state index contributed by atoms with van der Waals surface area (Å²) in [6, 6.07) is 5.55. The summed E-state index contributed by atoms with van der Waals surface area (Å²) < 4.78 is 17.7. The van der Waals surface area contributed by atoms with Crippen LogP contribution in [0.5, 0.6) is 0 Å². The number of halogens is 1. The minimum atomic E-state index is -1.01. The fourth-order valence-electron chi connectivity index (χ4n) is 2.35. The first kappa shape index (κ1) is 21.1. The third-order valence-electron chi connectivity index (χ3n) is 3.66. The third kappa shape index (κ3) is 6.89. The molecule has 0 saturated heterocycles. The van der Waals surface area contributed by atoms with Gasteiger partial charge in [-0.15, -0.1) is 0 Å². The largest absolute Gasteiger partial charge is 0.467 e. The minimum absolute atomic E-state index is 0.0816. The van der Waals surface area contributed by atoms with E-state index in [4.69, 9.17) is 5.26 Å². The standard InChI is InChI=1S/C18H22FN3O4/c1-11(10-20)8-16(18(25)26-3)22-17(24)15(21-12(2)23)9-13-4-6-14(19)7-5-13/h4-7,11,15-16H,8-9H2,1-3H3,(H,21,23)(H,22,24)/t11-,15+,16+/m1/s1. The highest BCUT2D eigenvalue weighted by Crippen LogP contribution is 2.09. The van der Waals surface area contributed by atoms with Crippen LogP contribution in [0.1, 0.15) is 25.8 Å². The minimum Gasteiger partial charge on any atom is -0.467 e. The lowest BCUT2D eigenvalue weighted by Gasteiger charge is -2.22. The van der Waals surface area contributed by atoms with Crippen LogP contribution >= 0.6 is 0 Å². The van der Waals surface area contributed by atoms with E-state index in [2.05, 4.69) is 15.4 Å². The molecule has 0 aromatic heterocycles. The molecule has 0 radical (unpaired) electrons. The van der Waals surface area contributed by atoms with Crippen molar-refractivity contribution in [2.45, 2.75) is 38.8 Å². The molecule has 0 fully saturated rings. The molecule has 8 heteroatoms. The number of methoxy groups -OCH3 is 1. The number of carbonyl (C=O) groups is 3. The predicted molar refractivity (Wildman–Crippen MR) is 91.0 cm³/mol. The number of esters is 1. The average Bonchev–Trinajstić information content (AvgIpc) is 2.61. The van der Waals surface area contributed by atoms with Gasteiger partial charge in [0, 0.05) is 19.3 Å². The number of nitriles is 1. The van der Waals surface area contributed by atoms with Crippen LogP contribution in [0.2, 0.25) is 0 Å². The molecule has 3 atom stereocenters. The Morgan fingerprint density at radius 1 is 1.19 bits per heavy atom. The zero-order chi connectivity index (χ0) is 19.7. The molecule has 1 aromatic carbocycles. The SMILES string of the molecule is COC(=O)[C@H](C[C@@H](C)C#N)NC(=O)[C@H](Cc1ccc(F)cc1)NC(C)=O. The van der Waals surface area contributed by atoms with Crippen LogP contribution in [0, 0.1) is 23.1 Å². The van der Waals surface area contributed by atoms with Crippen molar-refractivity contribution in [1.82, 2.24) is 10.6 Å². The highest BCUT2D eigenvalue weighted by Gasteiger charge is 2.28. The molecule has 1 rings (SSSR count). The van der Waals surface area contributed by atoms with Crippen LogP contribution in [0.15, 0.2) is 24.3 Å². The molecule has 0 unspecified atom stereocenters. The molecule has 2 amide bonds. The lowest BCUT2D eigenvalue weighted by molar-refractivity contribution is -0.145. The number of carbonyl (C=O) groups excluding carboxylic acids is 3. The van der Waals surface area contributed by atoms with Crippen LogP contribution in [0.4, 0.5) is 4.39 Å². The number of hydrogen-bond donors (Lipinski definition) is 2. The van der Waals surface area contributed by atoms with E-state index in [9.17, 15) is 18.8 Å². The quantitative estimate of drug-likeness (QED) is 0.672. The molecule has 26 heavy (non-hydrogen) atoms. The lowest BCUT2D eigenvalue weighted by atomic mass is 10.0. The maximum Gasteiger partial charge on any atom is 0.328 e. The second-order valence-corrected chi connectivity index (χ2v) is 5.93. The van der Waals surface area contributed by atoms with E-state index in [0.29, 0.717) is 5.56 Å². The molecule has 0 aliphatic rings. The molecule has 0 spiro atoms. The Balaban J connectivity index is 2.91. The number of hydrogen-bond acceptors (Lipinski definition) is 5. The Bertz CT molecular complexity index is 685. The molecule has 7 nitrogen and oxygen atoms in total. The molecule has 140 valence electrons. The Morgan fingerprint density at radius 3 is 2.31 bits per heavy atom. The normalized spacial score (nSPS) is 13.7. The number of nitrogens with one attached hydrogen (secondary N) is 2. The van der Waals surface area contributed by atoms with E-state index >= 15 is 0 Å². The summed E-state index contributed by atoms with van der Waals surface area (Å²) >= 11 is 0. The fraction of sp³-hybridized carbons (Fsp3) is 0.444.